The first kappa shape index (κ1) is 23.4. The van der Waals surface area contributed by atoms with Crippen LogP contribution in [0.25, 0.3) is 0 Å². The molecule has 0 aromatic heterocycles. The number of hydrogen-bond acceptors (Lipinski definition) is 7. The van der Waals surface area contributed by atoms with Gasteiger partial charge in [0.05, 0.1) is 13.2 Å². The lowest BCUT2D eigenvalue weighted by Crippen LogP contribution is -2.44. The number of rotatable bonds is 12. The summed E-state index contributed by atoms with van der Waals surface area (Å²) in [5.74, 6) is -0.429. The smallest absolute Gasteiger partial charge is 0.460 e. The molecular formula is C17H30O8. The van der Waals surface area contributed by atoms with Crippen LogP contribution < -0.4 is 0 Å². The fourth-order valence-electron chi connectivity index (χ4n) is 1.53. The lowest BCUT2D eigenvalue weighted by molar-refractivity contribution is -0.407. The highest BCUT2D eigenvalue weighted by molar-refractivity contribution is 5.88. The lowest BCUT2D eigenvalue weighted by Gasteiger charge is -2.31. The average molecular weight is 362 g/mol. The van der Waals surface area contributed by atoms with Crippen molar-refractivity contribution in [3.05, 3.63) is 11.1 Å². The molecule has 0 saturated heterocycles. The van der Waals surface area contributed by atoms with Gasteiger partial charge in [0, 0.05) is 5.57 Å². The van der Waals surface area contributed by atoms with Crippen LogP contribution in [0.5, 0.6) is 0 Å². The normalized spacial score (nSPS) is 12.4. The molecule has 0 aliphatic heterocycles. The standard InChI is InChI=1S/C17H30O8/c1-7-8-9-23-25-15(17(5,6)24-16(19)20)22-11-10-21-14(18)13(4)12(2)3/h15H,7-11H2,1-6H3,(H,19,20). The lowest BCUT2D eigenvalue weighted by atomic mass is 10.1. The van der Waals surface area contributed by atoms with E-state index in [1.165, 1.54) is 13.8 Å². The second-order valence-corrected chi connectivity index (χ2v) is 6.21. The van der Waals surface area contributed by atoms with E-state index in [0.717, 1.165) is 18.4 Å². The van der Waals surface area contributed by atoms with Gasteiger partial charge in [-0.15, -0.1) is 0 Å². The number of carboxylic acid groups (broad SMARTS) is 1. The van der Waals surface area contributed by atoms with Gasteiger partial charge in [0.2, 0.25) is 6.29 Å². The maximum absolute atomic E-state index is 11.7. The molecule has 0 fully saturated rings. The van der Waals surface area contributed by atoms with Crippen molar-refractivity contribution in [2.24, 2.45) is 0 Å². The van der Waals surface area contributed by atoms with Gasteiger partial charge in [0.15, 0.2) is 5.60 Å². The number of unbranched alkanes of at least 4 members (excludes halogenated alkanes) is 1. The zero-order valence-electron chi connectivity index (χ0n) is 15.9. The summed E-state index contributed by atoms with van der Waals surface area (Å²) < 4.78 is 15.3. The highest BCUT2D eigenvalue weighted by atomic mass is 17.2. The Labute approximate surface area is 149 Å². The molecule has 0 heterocycles. The summed E-state index contributed by atoms with van der Waals surface area (Å²) in [6.07, 6.45) is -0.860. The zero-order valence-corrected chi connectivity index (χ0v) is 15.9. The molecular weight excluding hydrogens is 332 g/mol. The molecule has 0 rings (SSSR count). The highest BCUT2D eigenvalue weighted by Gasteiger charge is 2.37. The van der Waals surface area contributed by atoms with E-state index in [2.05, 4.69) is 0 Å². The third-order valence-corrected chi connectivity index (χ3v) is 3.30. The van der Waals surface area contributed by atoms with Gasteiger partial charge in [-0.1, -0.05) is 18.9 Å². The summed E-state index contributed by atoms with van der Waals surface area (Å²) in [6.45, 7) is 10.6. The first-order valence-electron chi connectivity index (χ1n) is 8.24. The summed E-state index contributed by atoms with van der Waals surface area (Å²) in [5, 5.41) is 8.82. The fourth-order valence-corrected chi connectivity index (χ4v) is 1.53. The largest absolute Gasteiger partial charge is 0.506 e. The van der Waals surface area contributed by atoms with Gasteiger partial charge in [-0.3, -0.25) is 0 Å². The monoisotopic (exact) mass is 362 g/mol. The maximum Gasteiger partial charge on any atom is 0.506 e. The van der Waals surface area contributed by atoms with Gasteiger partial charge in [0.1, 0.15) is 6.61 Å². The van der Waals surface area contributed by atoms with Crippen LogP contribution in [0.3, 0.4) is 0 Å². The first-order valence-corrected chi connectivity index (χ1v) is 8.24. The average Bonchev–Trinajstić information content (AvgIpc) is 2.50. The Morgan fingerprint density at radius 2 is 1.72 bits per heavy atom. The summed E-state index contributed by atoms with van der Waals surface area (Å²) >= 11 is 0. The molecule has 8 heteroatoms. The predicted octanol–water partition coefficient (Wildman–Crippen LogP) is 3.45. The van der Waals surface area contributed by atoms with Gasteiger partial charge in [-0.05, 0) is 41.0 Å². The van der Waals surface area contributed by atoms with Crippen molar-refractivity contribution in [1.82, 2.24) is 0 Å². The maximum atomic E-state index is 11.7. The number of esters is 1. The molecule has 25 heavy (non-hydrogen) atoms. The Balaban J connectivity index is 4.54. The Morgan fingerprint density at radius 1 is 1.08 bits per heavy atom. The molecule has 0 aliphatic carbocycles. The van der Waals surface area contributed by atoms with Crippen LogP contribution in [-0.2, 0) is 28.8 Å². The van der Waals surface area contributed by atoms with E-state index < -0.39 is 24.0 Å². The van der Waals surface area contributed by atoms with Crippen molar-refractivity contribution >= 4 is 12.1 Å². The second kappa shape index (κ2) is 11.8. The summed E-state index contributed by atoms with van der Waals surface area (Å²) in [7, 11) is 0. The molecule has 0 aliphatic rings. The van der Waals surface area contributed by atoms with E-state index in [1.807, 2.05) is 20.8 Å². The number of hydrogen-bond donors (Lipinski definition) is 1. The molecule has 0 aromatic rings. The van der Waals surface area contributed by atoms with Crippen LogP contribution in [0.4, 0.5) is 4.79 Å². The number of allylic oxidation sites excluding steroid dienone is 1. The minimum absolute atomic E-state index is 0.00397. The van der Waals surface area contributed by atoms with Crippen LogP contribution in [0.15, 0.2) is 11.1 Å². The Kier molecular flexibility index (Phi) is 11.1. The quantitative estimate of drug-likeness (QED) is 0.141. The van der Waals surface area contributed by atoms with Crippen LogP contribution in [-0.4, -0.2) is 48.9 Å². The van der Waals surface area contributed by atoms with Crippen LogP contribution in [0.2, 0.25) is 0 Å². The molecule has 1 atom stereocenters. The molecule has 0 radical (unpaired) electrons. The number of carbonyl (C=O) groups excluding carboxylic acids is 1. The third-order valence-electron chi connectivity index (χ3n) is 3.30. The molecule has 0 amide bonds. The highest BCUT2D eigenvalue weighted by Crippen LogP contribution is 2.20. The molecule has 8 nitrogen and oxygen atoms in total. The van der Waals surface area contributed by atoms with Crippen molar-refractivity contribution in [2.75, 3.05) is 19.8 Å². The molecule has 0 aromatic carbocycles. The third kappa shape index (κ3) is 10.1. The van der Waals surface area contributed by atoms with Crippen molar-refractivity contribution in [3.63, 3.8) is 0 Å². The molecule has 0 spiro atoms. The van der Waals surface area contributed by atoms with Crippen molar-refractivity contribution in [1.29, 1.82) is 0 Å². The van der Waals surface area contributed by atoms with Crippen LogP contribution in [0.1, 0.15) is 54.4 Å². The number of ether oxygens (including phenoxy) is 3. The minimum Gasteiger partial charge on any atom is -0.460 e. The van der Waals surface area contributed by atoms with Gasteiger partial charge in [0.25, 0.3) is 0 Å². The molecule has 0 bridgehead atoms. The SMILES string of the molecule is CCCCOOC(OCCOC(=O)C(C)=C(C)C)C(C)(C)OC(=O)O. The van der Waals surface area contributed by atoms with Gasteiger partial charge in [-0.25, -0.2) is 19.4 Å². The van der Waals surface area contributed by atoms with E-state index >= 15 is 0 Å². The topological polar surface area (TPSA) is 101 Å². The minimum atomic E-state index is -1.46. The van der Waals surface area contributed by atoms with Crippen LogP contribution in [0, 0.1) is 0 Å². The van der Waals surface area contributed by atoms with Gasteiger partial charge < -0.3 is 19.3 Å². The Hall–Kier alpha value is -1.64. The molecule has 1 unspecified atom stereocenters. The predicted molar refractivity (Wildman–Crippen MR) is 89.9 cm³/mol. The number of carbonyl (C=O) groups is 2. The van der Waals surface area contributed by atoms with Crippen LogP contribution >= 0.6 is 0 Å². The van der Waals surface area contributed by atoms with Gasteiger partial charge in [-0.2, -0.15) is 0 Å². The fraction of sp³-hybridized carbons (Fsp3) is 0.765. The molecule has 0 saturated carbocycles. The van der Waals surface area contributed by atoms with E-state index in [4.69, 9.17) is 29.1 Å². The van der Waals surface area contributed by atoms with Gasteiger partial charge >= 0.3 is 12.1 Å². The second-order valence-electron chi connectivity index (χ2n) is 6.21. The van der Waals surface area contributed by atoms with E-state index in [1.54, 1.807) is 6.92 Å². The summed E-state index contributed by atoms with van der Waals surface area (Å²) in [4.78, 5) is 32.7. The van der Waals surface area contributed by atoms with E-state index in [0.29, 0.717) is 12.2 Å². The van der Waals surface area contributed by atoms with E-state index in [9.17, 15) is 9.59 Å². The molecule has 146 valence electrons. The molecule has 1 N–H and O–H groups in total. The summed E-state index contributed by atoms with van der Waals surface area (Å²) in [6, 6.07) is 0. The van der Waals surface area contributed by atoms with E-state index in [-0.39, 0.29) is 13.2 Å². The summed E-state index contributed by atoms with van der Waals surface area (Å²) in [5.41, 5.74) is 0.0930. The first-order chi connectivity index (χ1) is 11.6. The van der Waals surface area contributed by atoms with Crippen molar-refractivity contribution < 1.29 is 38.7 Å². The zero-order chi connectivity index (χ0) is 19.5. The van der Waals surface area contributed by atoms with Crippen molar-refractivity contribution in [3.8, 4) is 0 Å². The van der Waals surface area contributed by atoms with Crippen molar-refractivity contribution in [2.45, 2.75) is 66.3 Å². The Morgan fingerprint density at radius 3 is 2.24 bits per heavy atom. The Bertz CT molecular complexity index is 452.